The van der Waals surface area contributed by atoms with Crippen LogP contribution in [-0.2, 0) is 18.3 Å². The Labute approximate surface area is 120 Å². The summed E-state index contributed by atoms with van der Waals surface area (Å²) in [5.74, 6) is 0.407. The zero-order valence-corrected chi connectivity index (χ0v) is 12.4. The van der Waals surface area contributed by atoms with Gasteiger partial charge in [0.15, 0.2) is 0 Å². The van der Waals surface area contributed by atoms with Crippen molar-refractivity contribution in [2.24, 2.45) is 5.92 Å². The van der Waals surface area contributed by atoms with Crippen molar-refractivity contribution in [3.8, 4) is 0 Å². The summed E-state index contributed by atoms with van der Waals surface area (Å²) in [6.07, 6.45) is 0.828. The molecule has 19 heavy (non-hydrogen) atoms. The van der Waals surface area contributed by atoms with Gasteiger partial charge in [-0.25, -0.2) is 0 Å². The first-order valence-electron chi connectivity index (χ1n) is 5.92. The predicted octanol–water partition coefficient (Wildman–Crippen LogP) is 2.21. The number of hydrogen-bond donors (Lipinski definition) is 1. The van der Waals surface area contributed by atoms with Crippen molar-refractivity contribution in [3.05, 3.63) is 0 Å². The molecule has 1 unspecified atom stereocenters. The van der Waals surface area contributed by atoms with E-state index in [1.165, 1.54) is 0 Å². The summed E-state index contributed by atoms with van der Waals surface area (Å²) < 4.78 is 21.1. The summed E-state index contributed by atoms with van der Waals surface area (Å²) in [7, 11) is 2.51. The van der Waals surface area contributed by atoms with Crippen LogP contribution in [0.5, 0.6) is 0 Å². The third kappa shape index (κ3) is 10.5. The number of rotatable bonds is 11. The molecule has 0 radical (unpaired) electrons. The molecule has 0 saturated carbocycles. The standard InChI is InChI=1S/C11H26O5Si.2CH4/c1-11(8-13-2)9-16-6-5-7-17(10-12,14-3)15-4;;/h11-12H,5-10H2,1-4H3;2*1H4. The second-order valence-corrected chi connectivity index (χ2v) is 7.67. The number of methoxy groups -OCH3 is 1. The molecule has 0 spiro atoms. The van der Waals surface area contributed by atoms with Crippen LogP contribution in [0, 0.1) is 5.92 Å². The van der Waals surface area contributed by atoms with E-state index in [-0.39, 0.29) is 21.1 Å². The van der Waals surface area contributed by atoms with Gasteiger partial charge < -0.3 is 23.4 Å². The smallest absolute Gasteiger partial charge is 0.364 e. The van der Waals surface area contributed by atoms with Crippen LogP contribution in [-0.4, -0.2) is 61.0 Å². The van der Waals surface area contributed by atoms with Gasteiger partial charge in [-0.15, -0.1) is 0 Å². The lowest BCUT2D eigenvalue weighted by Crippen LogP contribution is -2.44. The van der Waals surface area contributed by atoms with E-state index in [0.717, 1.165) is 12.5 Å². The van der Waals surface area contributed by atoms with E-state index in [4.69, 9.17) is 18.3 Å². The van der Waals surface area contributed by atoms with Crippen LogP contribution in [0.1, 0.15) is 28.2 Å². The van der Waals surface area contributed by atoms with Gasteiger partial charge in [-0.05, 0) is 12.5 Å². The minimum Gasteiger partial charge on any atom is -0.396 e. The molecule has 0 aromatic heterocycles. The van der Waals surface area contributed by atoms with Crippen LogP contribution in [0.2, 0.25) is 6.04 Å². The summed E-state index contributed by atoms with van der Waals surface area (Å²) in [4.78, 5) is 0. The summed E-state index contributed by atoms with van der Waals surface area (Å²) in [5, 5.41) is 9.25. The maximum atomic E-state index is 9.25. The molecule has 0 heterocycles. The molecule has 0 aromatic rings. The second kappa shape index (κ2) is 14.4. The van der Waals surface area contributed by atoms with Crippen molar-refractivity contribution in [1.82, 2.24) is 0 Å². The molecule has 0 aliphatic rings. The maximum absolute atomic E-state index is 9.25. The van der Waals surface area contributed by atoms with Crippen LogP contribution in [0.15, 0.2) is 0 Å². The van der Waals surface area contributed by atoms with E-state index in [1.54, 1.807) is 21.3 Å². The Morgan fingerprint density at radius 1 is 1.05 bits per heavy atom. The maximum Gasteiger partial charge on any atom is 0.364 e. The van der Waals surface area contributed by atoms with Crippen molar-refractivity contribution in [1.29, 1.82) is 0 Å². The topological polar surface area (TPSA) is 57.2 Å². The largest absolute Gasteiger partial charge is 0.396 e. The highest BCUT2D eigenvalue weighted by Crippen LogP contribution is 2.13. The normalized spacial score (nSPS) is 12.5. The van der Waals surface area contributed by atoms with Gasteiger partial charge in [-0.3, -0.25) is 0 Å². The minimum absolute atomic E-state index is 0. The molecule has 6 heteroatoms. The molecule has 0 amide bonds. The molecule has 0 fully saturated rings. The Balaban J connectivity index is -0.00000128. The van der Waals surface area contributed by atoms with Crippen molar-refractivity contribution < 1.29 is 23.4 Å². The van der Waals surface area contributed by atoms with Gasteiger partial charge in [0.25, 0.3) is 0 Å². The van der Waals surface area contributed by atoms with E-state index < -0.39 is 8.56 Å². The van der Waals surface area contributed by atoms with E-state index in [2.05, 4.69) is 6.92 Å². The van der Waals surface area contributed by atoms with Crippen molar-refractivity contribution in [2.45, 2.75) is 34.2 Å². The highest BCUT2D eigenvalue weighted by Gasteiger charge is 2.34. The fourth-order valence-corrected chi connectivity index (χ4v) is 3.23. The van der Waals surface area contributed by atoms with Gasteiger partial charge in [0.05, 0.1) is 19.4 Å². The first-order valence-corrected chi connectivity index (χ1v) is 8.15. The average Bonchev–Trinajstić information content (AvgIpc) is 2.35. The van der Waals surface area contributed by atoms with Crippen LogP contribution >= 0.6 is 0 Å². The monoisotopic (exact) mass is 298 g/mol. The summed E-state index contributed by atoms with van der Waals surface area (Å²) >= 11 is 0. The molecule has 0 rings (SSSR count). The highest BCUT2D eigenvalue weighted by molar-refractivity contribution is 6.67. The number of aliphatic hydroxyl groups excluding tert-OH is 1. The molecule has 0 aromatic carbocycles. The summed E-state index contributed by atoms with van der Waals surface area (Å²) in [6.45, 7) is 4.16. The second-order valence-electron chi connectivity index (χ2n) is 4.22. The zero-order valence-electron chi connectivity index (χ0n) is 11.4. The Morgan fingerprint density at radius 3 is 2.05 bits per heavy atom. The summed E-state index contributed by atoms with van der Waals surface area (Å²) in [6, 6.07) is 0.745. The average molecular weight is 298 g/mol. The molecule has 1 N–H and O–H groups in total. The zero-order chi connectivity index (χ0) is 13.1. The van der Waals surface area contributed by atoms with E-state index >= 15 is 0 Å². The fourth-order valence-electron chi connectivity index (χ4n) is 1.56. The summed E-state index contributed by atoms with van der Waals surface area (Å²) in [5.41, 5.74) is 0. The van der Waals surface area contributed by atoms with E-state index in [9.17, 15) is 5.11 Å². The van der Waals surface area contributed by atoms with Gasteiger partial charge in [0.1, 0.15) is 0 Å². The first kappa shape index (κ1) is 24.1. The van der Waals surface area contributed by atoms with Gasteiger partial charge in [-0.1, -0.05) is 21.8 Å². The van der Waals surface area contributed by atoms with E-state index in [0.29, 0.717) is 25.7 Å². The van der Waals surface area contributed by atoms with Gasteiger partial charge in [0, 0.05) is 33.9 Å². The fraction of sp³-hybridized carbons (Fsp3) is 1.00. The van der Waals surface area contributed by atoms with Crippen molar-refractivity contribution >= 4 is 8.56 Å². The Bertz CT molecular complexity index is 168. The molecule has 5 nitrogen and oxygen atoms in total. The molecule has 1 atom stereocenters. The Kier molecular flexibility index (Phi) is 18.3. The van der Waals surface area contributed by atoms with Gasteiger partial charge >= 0.3 is 8.56 Å². The van der Waals surface area contributed by atoms with Crippen LogP contribution in [0.4, 0.5) is 0 Å². The highest BCUT2D eigenvalue weighted by atomic mass is 28.4. The van der Waals surface area contributed by atoms with Gasteiger partial charge in [0.2, 0.25) is 0 Å². The quantitative estimate of drug-likeness (QED) is 0.468. The molecular weight excluding hydrogens is 264 g/mol. The SMILES string of the molecule is C.C.COCC(C)COCCC[Si](CO)(OC)OC. The molecule has 120 valence electrons. The lowest BCUT2D eigenvalue weighted by atomic mass is 10.2. The van der Waals surface area contributed by atoms with Crippen LogP contribution < -0.4 is 0 Å². The van der Waals surface area contributed by atoms with Crippen molar-refractivity contribution in [2.75, 3.05) is 47.4 Å². The lowest BCUT2D eigenvalue weighted by Gasteiger charge is -2.24. The molecular formula is C13H34O5Si. The molecule has 0 aliphatic carbocycles. The Hall–Kier alpha value is 0.0169. The molecule has 0 saturated heterocycles. The van der Waals surface area contributed by atoms with Crippen molar-refractivity contribution in [3.63, 3.8) is 0 Å². The molecule has 0 bridgehead atoms. The first-order chi connectivity index (χ1) is 8.14. The number of ether oxygens (including phenoxy) is 2. The lowest BCUT2D eigenvalue weighted by molar-refractivity contribution is 0.0637. The Morgan fingerprint density at radius 2 is 1.63 bits per heavy atom. The van der Waals surface area contributed by atoms with Crippen LogP contribution in [0.3, 0.4) is 0 Å². The number of hydrogen-bond acceptors (Lipinski definition) is 5. The predicted molar refractivity (Wildman–Crippen MR) is 81.6 cm³/mol. The minimum atomic E-state index is -2.36. The number of aliphatic hydroxyl groups is 1. The molecule has 0 aliphatic heterocycles. The van der Waals surface area contributed by atoms with E-state index in [1.807, 2.05) is 0 Å². The van der Waals surface area contributed by atoms with Crippen LogP contribution in [0.25, 0.3) is 0 Å². The third-order valence-corrected chi connectivity index (χ3v) is 5.77. The van der Waals surface area contributed by atoms with Gasteiger partial charge in [-0.2, -0.15) is 0 Å². The third-order valence-electron chi connectivity index (χ3n) is 2.68.